The Bertz CT molecular complexity index is 6940. The molecule has 6 aromatic heterocycles. The van der Waals surface area contributed by atoms with Crippen LogP contribution in [0.25, 0.3) is 176 Å². The van der Waals surface area contributed by atoms with Crippen molar-refractivity contribution < 1.29 is 52.7 Å². The van der Waals surface area contributed by atoms with Gasteiger partial charge < -0.3 is 27.1 Å². The molecule has 0 saturated carbocycles. The van der Waals surface area contributed by atoms with Gasteiger partial charge in [0.15, 0.2) is 0 Å². The summed E-state index contributed by atoms with van der Waals surface area (Å²) in [6.45, 7) is 5.43. The van der Waals surface area contributed by atoms with Crippen molar-refractivity contribution in [3.05, 3.63) is 311 Å². The fourth-order valence-corrected chi connectivity index (χ4v) is 16.8. The van der Waals surface area contributed by atoms with Gasteiger partial charge in [0.25, 0.3) is 0 Å². The summed E-state index contributed by atoms with van der Waals surface area (Å²) in [6.07, 6.45) is -10.8. The minimum Gasteiger partial charge on any atom is -0.456 e. The van der Waals surface area contributed by atoms with Gasteiger partial charge in [0, 0.05) is 65.8 Å². The maximum absolute atomic E-state index is 18.0. The van der Waals surface area contributed by atoms with E-state index in [0.29, 0.717) is 131 Å². The number of alkyl halides is 6. The lowest BCUT2D eigenvalue weighted by Crippen LogP contribution is -2.16. The van der Waals surface area contributed by atoms with Crippen LogP contribution in [0.2, 0.25) is 0 Å². The maximum atomic E-state index is 18.0. The van der Waals surface area contributed by atoms with Gasteiger partial charge in [-0.15, -0.1) is 0 Å². The largest absolute Gasteiger partial charge is 0.456 e. The molecule has 0 aliphatic heterocycles. The number of hydrogen-bond donors (Lipinski definition) is 0. The molecule has 0 saturated heterocycles. The van der Waals surface area contributed by atoms with Crippen molar-refractivity contribution in [1.29, 1.82) is 0 Å². The third-order valence-electron chi connectivity index (χ3n) is 21.2. The van der Waals surface area contributed by atoms with Crippen LogP contribution in [0.4, 0.5) is 43.9 Å². The molecule has 6 nitrogen and oxygen atoms in total. The molecule has 14 aromatic carbocycles. The Balaban J connectivity index is 0.824. The van der Waals surface area contributed by atoms with Gasteiger partial charge in [-0.1, -0.05) is 127 Å². The van der Waals surface area contributed by atoms with Crippen LogP contribution in [0.5, 0.6) is 0 Å². The molecule has 16 heteroatoms. The van der Waals surface area contributed by atoms with Crippen molar-refractivity contribution in [3.63, 3.8) is 0 Å². The highest BCUT2D eigenvalue weighted by Crippen LogP contribution is 2.52. The van der Waals surface area contributed by atoms with Gasteiger partial charge in [-0.25, -0.2) is 17.6 Å². The molecule has 0 radical (unpaired) electrons. The van der Waals surface area contributed by atoms with Crippen LogP contribution in [0, 0.1) is 44.0 Å². The molecule has 514 valence electrons. The standard InChI is InChI=1S/C90H52F10N4O2/c1-46-23-27-55-56-28-24-47(2)36-71(56)101(70(55)35-46)74-44-52(82-64(91)17-12-18-65(82)92)45-75(85(74)89(95,96)97)102-72-37-48(3)25-29-57(72)58-30-26-49(39-73(58)102)38-63-66(93)40-50(41-67(63)94)51-42-76(103-68-19-8-4-13-53(68)59-31-33-80-83(87(59)103)61-15-6-10-21-78(61)105-80)86(90(98,99)100)77(43-51)104-69-20-9-5-14-54(69)60-32-34-81-84(88(60)104)62-16-7-11-22-79(62)106-81/h4-37,39-45H,38H2,1-3H3. The fraction of sp³-hybridized carbons (Fsp3) is 0.0667. The number of halogens is 10. The summed E-state index contributed by atoms with van der Waals surface area (Å²) in [5.74, 6) is -4.16. The summed E-state index contributed by atoms with van der Waals surface area (Å²) in [4.78, 5) is 0. The van der Waals surface area contributed by atoms with Crippen LogP contribution < -0.4 is 0 Å². The number of furan rings is 2. The summed E-state index contributed by atoms with van der Waals surface area (Å²) in [6, 6.07) is 67.7. The zero-order chi connectivity index (χ0) is 72.2. The molecular weight excluding hydrogens is 1360 g/mol. The van der Waals surface area contributed by atoms with E-state index in [4.69, 9.17) is 8.83 Å². The molecule has 0 fully saturated rings. The first-order chi connectivity index (χ1) is 51.2. The van der Waals surface area contributed by atoms with Gasteiger partial charge >= 0.3 is 12.4 Å². The van der Waals surface area contributed by atoms with Crippen LogP contribution in [-0.4, -0.2) is 18.3 Å². The number of benzene rings is 14. The molecule has 20 aromatic rings. The molecule has 0 unspecified atom stereocenters. The molecule has 0 spiro atoms. The minimum atomic E-state index is -5.16. The van der Waals surface area contributed by atoms with E-state index in [1.165, 1.54) is 33.4 Å². The van der Waals surface area contributed by atoms with Crippen LogP contribution in [0.15, 0.2) is 258 Å². The molecule has 106 heavy (non-hydrogen) atoms. The van der Waals surface area contributed by atoms with Gasteiger partial charge in [-0.2, -0.15) is 26.3 Å². The lowest BCUT2D eigenvalue weighted by Gasteiger charge is -2.23. The minimum absolute atomic E-state index is 0.0115. The first-order valence-electron chi connectivity index (χ1n) is 34.4. The average molecular weight is 1410 g/mol. The summed E-state index contributed by atoms with van der Waals surface area (Å²) < 4.78 is 191. The number of aryl methyl sites for hydroxylation is 3. The van der Waals surface area contributed by atoms with E-state index in [1.807, 2.05) is 117 Å². The van der Waals surface area contributed by atoms with E-state index in [-0.39, 0.29) is 39.1 Å². The van der Waals surface area contributed by atoms with Gasteiger partial charge in [0.2, 0.25) is 0 Å². The molecule has 0 bridgehead atoms. The fourth-order valence-electron chi connectivity index (χ4n) is 16.8. The molecule has 0 N–H and O–H groups in total. The molecular formula is C90H52F10N4O2. The monoisotopic (exact) mass is 1410 g/mol. The molecule has 0 atom stereocenters. The third kappa shape index (κ3) is 9.25. The Morgan fingerprint density at radius 3 is 1.09 bits per heavy atom. The van der Waals surface area contributed by atoms with Crippen molar-refractivity contribution in [2.75, 3.05) is 0 Å². The van der Waals surface area contributed by atoms with Gasteiger partial charge in [0.1, 0.15) is 56.7 Å². The van der Waals surface area contributed by atoms with Crippen LogP contribution >= 0.6 is 0 Å². The SMILES string of the molecule is Cc1ccc2c3ccc(C)cc3n(-c3cc(-c4c(F)cccc4F)cc(-n4c5cc(C)ccc5c5ccc(Cc6c(F)cc(-c7cc(-n8c9ccccc9c9ccc%10oc%11ccccc%11c%10c98)c(C(F)(F)F)c(-n8c9ccccc9c9ccc%10oc%11ccccc%11c%10c98)c7)cc6F)cc54)c3C(F)(F)F)c2c1. The van der Waals surface area contributed by atoms with Gasteiger partial charge in [0.05, 0.1) is 83.2 Å². The van der Waals surface area contributed by atoms with Crippen LogP contribution in [0.3, 0.4) is 0 Å². The predicted octanol–water partition coefficient (Wildman–Crippen LogP) is 26.3. The Morgan fingerprint density at radius 1 is 0.292 bits per heavy atom. The highest BCUT2D eigenvalue weighted by atomic mass is 19.4. The lowest BCUT2D eigenvalue weighted by atomic mass is 9.95. The van der Waals surface area contributed by atoms with Gasteiger partial charge in [-0.05, 0) is 181 Å². The smallest absolute Gasteiger partial charge is 0.420 e. The Kier molecular flexibility index (Phi) is 13.4. The highest BCUT2D eigenvalue weighted by molar-refractivity contribution is 6.26. The molecule has 0 aliphatic rings. The van der Waals surface area contributed by atoms with E-state index in [0.717, 1.165) is 41.5 Å². The molecule has 6 heterocycles. The number of fused-ring (bicyclic) bond motifs is 20. The number of hydrogen-bond acceptors (Lipinski definition) is 2. The topological polar surface area (TPSA) is 46.0 Å². The summed E-state index contributed by atoms with van der Waals surface area (Å²) in [5.41, 5.74) is 2.08. The first-order valence-corrected chi connectivity index (χ1v) is 34.4. The normalized spacial score (nSPS) is 12.6. The molecule has 0 aliphatic carbocycles. The second kappa shape index (κ2) is 22.6. The number of nitrogens with zero attached hydrogens (tertiary/aromatic N) is 4. The van der Waals surface area contributed by atoms with Crippen molar-refractivity contribution in [3.8, 4) is 45.0 Å². The zero-order valence-corrected chi connectivity index (χ0v) is 56.3. The van der Waals surface area contributed by atoms with E-state index < -0.39 is 75.7 Å². The van der Waals surface area contributed by atoms with E-state index in [2.05, 4.69) is 0 Å². The van der Waals surface area contributed by atoms with Crippen molar-refractivity contribution in [2.24, 2.45) is 0 Å². The van der Waals surface area contributed by atoms with E-state index in [1.54, 1.807) is 107 Å². The summed E-state index contributed by atoms with van der Waals surface area (Å²) in [7, 11) is 0. The lowest BCUT2D eigenvalue weighted by molar-refractivity contribution is -0.138. The van der Waals surface area contributed by atoms with Crippen LogP contribution in [0.1, 0.15) is 38.9 Å². The Labute approximate surface area is 594 Å². The van der Waals surface area contributed by atoms with Crippen molar-refractivity contribution in [1.82, 2.24) is 18.3 Å². The summed E-state index contributed by atoms with van der Waals surface area (Å²) >= 11 is 0. The Morgan fingerprint density at radius 2 is 0.651 bits per heavy atom. The van der Waals surface area contributed by atoms with E-state index >= 15 is 43.9 Å². The number of rotatable bonds is 8. The molecule has 20 rings (SSSR count). The number of para-hydroxylation sites is 4. The average Bonchev–Trinajstić information content (AvgIpc) is 1.62. The number of aromatic nitrogens is 4. The predicted molar refractivity (Wildman–Crippen MR) is 403 cm³/mol. The highest BCUT2D eigenvalue weighted by Gasteiger charge is 2.42. The van der Waals surface area contributed by atoms with Crippen LogP contribution in [-0.2, 0) is 18.8 Å². The summed E-state index contributed by atoms with van der Waals surface area (Å²) in [5, 5.41) is 7.14. The Hall–Kier alpha value is -12.8. The van der Waals surface area contributed by atoms with Crippen molar-refractivity contribution in [2.45, 2.75) is 39.5 Å². The first kappa shape index (κ1) is 62.9. The quantitative estimate of drug-likeness (QED) is 0.142. The van der Waals surface area contributed by atoms with E-state index in [9.17, 15) is 0 Å². The maximum Gasteiger partial charge on any atom is 0.420 e. The van der Waals surface area contributed by atoms with Crippen molar-refractivity contribution >= 4 is 131 Å². The second-order valence-electron chi connectivity index (χ2n) is 27.6. The third-order valence-corrected chi connectivity index (χ3v) is 21.2. The second-order valence-corrected chi connectivity index (χ2v) is 27.6. The zero-order valence-electron chi connectivity index (χ0n) is 56.3. The van der Waals surface area contributed by atoms with Gasteiger partial charge in [-0.3, -0.25) is 0 Å². The molecule has 0 amide bonds.